The van der Waals surface area contributed by atoms with Crippen LogP contribution < -0.4 is 0 Å². The highest BCUT2D eigenvalue weighted by Gasteiger charge is 2.16. The normalized spacial score (nSPS) is 19.4. The van der Waals surface area contributed by atoms with Crippen LogP contribution in [0.15, 0.2) is 30.5 Å². The van der Waals surface area contributed by atoms with E-state index < -0.39 is 5.97 Å². The van der Waals surface area contributed by atoms with Gasteiger partial charge in [-0.1, -0.05) is 0 Å². The van der Waals surface area contributed by atoms with Crippen molar-refractivity contribution >= 4 is 16.9 Å². The van der Waals surface area contributed by atoms with Gasteiger partial charge >= 0.3 is 5.97 Å². The molecule has 0 aliphatic carbocycles. The van der Waals surface area contributed by atoms with E-state index in [2.05, 4.69) is 4.57 Å². The zero-order chi connectivity index (χ0) is 12.5. The number of carbonyl (C=O) groups is 1. The number of hydrogen-bond donors (Lipinski definition) is 1. The number of aromatic nitrogens is 1. The minimum Gasteiger partial charge on any atom is -0.478 e. The van der Waals surface area contributed by atoms with Crippen molar-refractivity contribution in [1.82, 2.24) is 4.57 Å². The smallest absolute Gasteiger partial charge is 0.335 e. The Morgan fingerprint density at radius 2 is 2.33 bits per heavy atom. The molecule has 1 saturated heterocycles. The summed E-state index contributed by atoms with van der Waals surface area (Å²) in [5.41, 5.74) is 1.40. The van der Waals surface area contributed by atoms with E-state index in [4.69, 9.17) is 9.84 Å². The average Bonchev–Trinajstić information content (AvgIpc) is 2.99. The molecule has 0 bridgehead atoms. The summed E-state index contributed by atoms with van der Waals surface area (Å²) in [6.07, 6.45) is 4.53. The van der Waals surface area contributed by atoms with E-state index in [-0.39, 0.29) is 0 Å². The van der Waals surface area contributed by atoms with Crippen LogP contribution in [-0.4, -0.2) is 28.4 Å². The summed E-state index contributed by atoms with van der Waals surface area (Å²) in [5.74, 6) is -0.885. The molecular formula is C14H15NO3. The third-order valence-electron chi connectivity index (χ3n) is 3.44. The molecule has 1 aliphatic rings. The second-order valence-electron chi connectivity index (χ2n) is 4.68. The van der Waals surface area contributed by atoms with Crippen LogP contribution in [0.5, 0.6) is 0 Å². The van der Waals surface area contributed by atoms with Gasteiger partial charge in [0.25, 0.3) is 0 Å². The molecule has 18 heavy (non-hydrogen) atoms. The van der Waals surface area contributed by atoms with Crippen LogP contribution in [-0.2, 0) is 11.3 Å². The van der Waals surface area contributed by atoms with Crippen LogP contribution in [0.4, 0.5) is 0 Å². The Labute approximate surface area is 105 Å². The summed E-state index contributed by atoms with van der Waals surface area (Å²) in [6.45, 7) is 1.70. The van der Waals surface area contributed by atoms with E-state index in [9.17, 15) is 4.79 Å². The van der Waals surface area contributed by atoms with Crippen molar-refractivity contribution in [2.45, 2.75) is 25.5 Å². The number of rotatable bonds is 3. The Kier molecular flexibility index (Phi) is 2.80. The maximum atomic E-state index is 10.9. The number of benzene rings is 1. The minimum atomic E-state index is -0.885. The third kappa shape index (κ3) is 1.99. The van der Waals surface area contributed by atoms with Crippen molar-refractivity contribution in [1.29, 1.82) is 0 Å². The Hall–Kier alpha value is -1.81. The zero-order valence-electron chi connectivity index (χ0n) is 10.0. The second kappa shape index (κ2) is 4.46. The van der Waals surface area contributed by atoms with Crippen LogP contribution in [0.1, 0.15) is 23.2 Å². The summed E-state index contributed by atoms with van der Waals surface area (Å²) in [5, 5.41) is 9.92. The molecule has 1 aromatic carbocycles. The largest absolute Gasteiger partial charge is 0.478 e. The number of nitrogens with zero attached hydrogens (tertiary/aromatic N) is 1. The summed E-state index contributed by atoms with van der Waals surface area (Å²) >= 11 is 0. The van der Waals surface area contributed by atoms with E-state index in [0.29, 0.717) is 11.7 Å². The first kappa shape index (κ1) is 11.3. The van der Waals surface area contributed by atoms with E-state index in [1.807, 2.05) is 18.3 Å². The van der Waals surface area contributed by atoms with E-state index >= 15 is 0 Å². The third-order valence-corrected chi connectivity index (χ3v) is 3.44. The highest BCUT2D eigenvalue weighted by molar-refractivity contribution is 5.93. The Bertz CT molecular complexity index is 582. The molecule has 2 aromatic rings. The first-order valence-corrected chi connectivity index (χ1v) is 6.18. The summed E-state index contributed by atoms with van der Waals surface area (Å²) in [7, 11) is 0. The second-order valence-corrected chi connectivity index (χ2v) is 4.68. The standard InChI is InChI=1S/C14H15NO3/c16-14(17)11-3-4-13-10(8-11)5-6-15(13)9-12-2-1-7-18-12/h3-6,8,12H,1-2,7,9H2,(H,16,17). The highest BCUT2D eigenvalue weighted by atomic mass is 16.5. The highest BCUT2D eigenvalue weighted by Crippen LogP contribution is 2.21. The number of aromatic carboxylic acids is 1. The number of hydrogen-bond acceptors (Lipinski definition) is 2. The molecule has 1 aliphatic heterocycles. The molecule has 1 aromatic heterocycles. The van der Waals surface area contributed by atoms with Crippen LogP contribution in [0, 0.1) is 0 Å². The van der Waals surface area contributed by atoms with Gasteiger partial charge in [-0.15, -0.1) is 0 Å². The zero-order valence-corrected chi connectivity index (χ0v) is 10.0. The molecule has 0 radical (unpaired) electrons. The van der Waals surface area contributed by atoms with Crippen LogP contribution >= 0.6 is 0 Å². The molecule has 0 amide bonds. The van der Waals surface area contributed by atoms with Gasteiger partial charge in [0.15, 0.2) is 0 Å². The van der Waals surface area contributed by atoms with Gasteiger partial charge in [0.05, 0.1) is 11.7 Å². The summed E-state index contributed by atoms with van der Waals surface area (Å²) < 4.78 is 7.76. The van der Waals surface area contributed by atoms with Gasteiger partial charge in [-0.25, -0.2) is 4.79 Å². The Morgan fingerprint density at radius 3 is 3.06 bits per heavy atom. The molecule has 1 N–H and O–H groups in total. The van der Waals surface area contributed by atoms with Crippen molar-refractivity contribution in [2.24, 2.45) is 0 Å². The fraction of sp³-hybridized carbons (Fsp3) is 0.357. The quantitative estimate of drug-likeness (QED) is 0.904. The molecule has 4 nitrogen and oxygen atoms in total. The van der Waals surface area contributed by atoms with Crippen molar-refractivity contribution in [3.05, 3.63) is 36.0 Å². The predicted octanol–water partition coefficient (Wildman–Crippen LogP) is 2.52. The van der Waals surface area contributed by atoms with Gasteiger partial charge in [-0.3, -0.25) is 0 Å². The van der Waals surface area contributed by atoms with Gasteiger partial charge in [0.2, 0.25) is 0 Å². The van der Waals surface area contributed by atoms with Gasteiger partial charge in [-0.2, -0.15) is 0 Å². The molecule has 0 spiro atoms. The Morgan fingerprint density at radius 1 is 1.44 bits per heavy atom. The van der Waals surface area contributed by atoms with Crippen molar-refractivity contribution < 1.29 is 14.6 Å². The SMILES string of the molecule is O=C(O)c1ccc2c(ccn2CC2CCCO2)c1. The maximum absolute atomic E-state index is 10.9. The van der Waals surface area contributed by atoms with Crippen LogP contribution in [0.3, 0.4) is 0 Å². The molecule has 94 valence electrons. The first-order chi connectivity index (χ1) is 8.74. The van der Waals surface area contributed by atoms with E-state index in [1.54, 1.807) is 12.1 Å². The lowest BCUT2D eigenvalue weighted by atomic mass is 10.1. The number of carboxylic acids is 1. The monoisotopic (exact) mass is 245 g/mol. The van der Waals surface area contributed by atoms with Crippen LogP contribution in [0.2, 0.25) is 0 Å². The molecule has 1 fully saturated rings. The molecule has 1 atom stereocenters. The minimum absolute atomic E-state index is 0.291. The molecular weight excluding hydrogens is 230 g/mol. The molecule has 0 saturated carbocycles. The number of ether oxygens (including phenoxy) is 1. The Balaban J connectivity index is 1.91. The summed E-state index contributed by atoms with van der Waals surface area (Å²) in [6, 6.07) is 7.19. The lowest BCUT2D eigenvalue weighted by molar-refractivity contribution is 0.0697. The van der Waals surface area contributed by atoms with Gasteiger partial charge in [-0.05, 0) is 37.1 Å². The topological polar surface area (TPSA) is 51.5 Å². The van der Waals surface area contributed by atoms with Crippen molar-refractivity contribution in [3.8, 4) is 0 Å². The molecule has 2 heterocycles. The maximum Gasteiger partial charge on any atom is 0.335 e. The first-order valence-electron chi connectivity index (χ1n) is 6.18. The lowest BCUT2D eigenvalue weighted by Crippen LogP contribution is -2.13. The molecule has 3 rings (SSSR count). The van der Waals surface area contributed by atoms with Gasteiger partial charge < -0.3 is 14.4 Å². The van der Waals surface area contributed by atoms with Crippen molar-refractivity contribution in [2.75, 3.05) is 6.61 Å². The number of carboxylic acid groups (broad SMARTS) is 1. The van der Waals surface area contributed by atoms with E-state index in [0.717, 1.165) is 36.9 Å². The average molecular weight is 245 g/mol. The fourth-order valence-electron chi connectivity index (χ4n) is 2.50. The predicted molar refractivity (Wildman–Crippen MR) is 67.9 cm³/mol. The van der Waals surface area contributed by atoms with Gasteiger partial charge in [0.1, 0.15) is 0 Å². The lowest BCUT2D eigenvalue weighted by Gasteiger charge is -2.11. The van der Waals surface area contributed by atoms with Gasteiger partial charge in [0, 0.05) is 30.3 Å². The molecule has 4 heteroatoms. The van der Waals surface area contributed by atoms with Crippen molar-refractivity contribution in [3.63, 3.8) is 0 Å². The molecule has 1 unspecified atom stereocenters. The fourth-order valence-corrected chi connectivity index (χ4v) is 2.50. The van der Waals surface area contributed by atoms with Crippen LogP contribution in [0.25, 0.3) is 10.9 Å². The summed E-state index contributed by atoms with van der Waals surface area (Å²) in [4.78, 5) is 10.9. The number of fused-ring (bicyclic) bond motifs is 1. The van der Waals surface area contributed by atoms with E-state index in [1.165, 1.54) is 0 Å².